The van der Waals surface area contributed by atoms with Crippen molar-refractivity contribution in [2.45, 2.75) is 6.54 Å². The van der Waals surface area contributed by atoms with Crippen LogP contribution in [0.5, 0.6) is 0 Å². The van der Waals surface area contributed by atoms with E-state index in [1.54, 1.807) is 18.2 Å². The minimum Gasteiger partial charge on any atom is -0.465 e. The Hall–Kier alpha value is -1.04. The maximum atomic E-state index is 11.8. The van der Waals surface area contributed by atoms with E-state index in [4.69, 9.17) is 16.3 Å². The van der Waals surface area contributed by atoms with Crippen molar-refractivity contribution in [3.8, 4) is 0 Å². The molecule has 0 bridgehead atoms. The summed E-state index contributed by atoms with van der Waals surface area (Å²) in [6.07, 6.45) is 0. The van der Waals surface area contributed by atoms with Crippen LogP contribution in [0.4, 0.5) is 5.69 Å². The molecule has 0 atom stereocenters. The Kier molecular flexibility index (Phi) is 5.67. The van der Waals surface area contributed by atoms with E-state index in [2.05, 4.69) is 37.2 Å². The number of carbonyl (C=O) groups excluding carboxylic acids is 1. The molecule has 0 saturated heterocycles. The molecule has 0 aliphatic rings. The van der Waals surface area contributed by atoms with Gasteiger partial charge in [0.15, 0.2) is 0 Å². The molecule has 2 aromatic carbocycles. The van der Waals surface area contributed by atoms with E-state index in [1.807, 2.05) is 18.2 Å². The molecule has 0 unspecified atom stereocenters. The zero-order valence-electron chi connectivity index (χ0n) is 11.1. The molecule has 0 saturated carbocycles. The predicted octanol–water partition coefficient (Wildman–Crippen LogP) is 5.26. The van der Waals surface area contributed by atoms with Gasteiger partial charge in [0.2, 0.25) is 0 Å². The Morgan fingerprint density at radius 1 is 1.19 bits per heavy atom. The topological polar surface area (TPSA) is 38.3 Å². The highest BCUT2D eigenvalue weighted by atomic mass is 79.9. The van der Waals surface area contributed by atoms with E-state index >= 15 is 0 Å². The number of methoxy groups -OCH3 is 1. The molecule has 0 aliphatic heterocycles. The van der Waals surface area contributed by atoms with Crippen LogP contribution in [0.15, 0.2) is 45.3 Å². The molecule has 0 heterocycles. The maximum Gasteiger partial charge on any atom is 0.340 e. The third kappa shape index (κ3) is 4.22. The third-order valence-corrected chi connectivity index (χ3v) is 4.97. The number of anilines is 1. The van der Waals surface area contributed by atoms with Crippen LogP contribution >= 0.6 is 43.5 Å². The lowest BCUT2D eigenvalue weighted by Crippen LogP contribution is -2.08. The number of benzene rings is 2. The lowest BCUT2D eigenvalue weighted by molar-refractivity contribution is 0.0602. The molecule has 0 aliphatic carbocycles. The van der Waals surface area contributed by atoms with Gasteiger partial charge < -0.3 is 10.1 Å². The number of hydrogen-bond acceptors (Lipinski definition) is 3. The fourth-order valence-electron chi connectivity index (χ4n) is 1.80. The summed E-state index contributed by atoms with van der Waals surface area (Å²) in [6.45, 7) is 0.581. The summed E-state index contributed by atoms with van der Waals surface area (Å²) in [7, 11) is 1.35. The van der Waals surface area contributed by atoms with Crippen LogP contribution in [0.1, 0.15) is 15.9 Å². The molecule has 2 aromatic rings. The molecule has 21 heavy (non-hydrogen) atoms. The molecule has 0 fully saturated rings. The number of carbonyl (C=O) groups is 1. The van der Waals surface area contributed by atoms with E-state index < -0.39 is 5.97 Å². The normalized spacial score (nSPS) is 10.3. The van der Waals surface area contributed by atoms with Crippen molar-refractivity contribution in [1.29, 1.82) is 0 Å². The molecule has 0 aromatic heterocycles. The molecule has 0 amide bonds. The summed E-state index contributed by atoms with van der Waals surface area (Å²) in [5, 5.41) is 3.72. The SMILES string of the molecule is COC(=O)c1cc(Cl)ccc1NCc1ccc(Br)c(Br)c1. The first-order chi connectivity index (χ1) is 10.0. The summed E-state index contributed by atoms with van der Waals surface area (Å²) in [5.41, 5.74) is 2.18. The van der Waals surface area contributed by atoms with Crippen molar-refractivity contribution >= 4 is 55.1 Å². The van der Waals surface area contributed by atoms with Crippen molar-refractivity contribution in [2.75, 3.05) is 12.4 Å². The largest absolute Gasteiger partial charge is 0.465 e. The third-order valence-electron chi connectivity index (χ3n) is 2.85. The van der Waals surface area contributed by atoms with Gasteiger partial charge in [0.25, 0.3) is 0 Å². The van der Waals surface area contributed by atoms with Crippen LogP contribution in [0, 0.1) is 0 Å². The van der Waals surface area contributed by atoms with Crippen LogP contribution in [-0.2, 0) is 11.3 Å². The first-order valence-electron chi connectivity index (χ1n) is 6.07. The maximum absolute atomic E-state index is 11.8. The zero-order chi connectivity index (χ0) is 15.4. The fraction of sp³-hybridized carbons (Fsp3) is 0.133. The Labute approximate surface area is 144 Å². The molecular formula is C15H12Br2ClNO2. The average molecular weight is 434 g/mol. The molecule has 2 rings (SSSR count). The Bertz CT molecular complexity index is 677. The van der Waals surface area contributed by atoms with Crippen LogP contribution in [0.3, 0.4) is 0 Å². The van der Waals surface area contributed by atoms with Gasteiger partial charge in [-0.05, 0) is 67.8 Å². The minimum absolute atomic E-state index is 0.418. The number of hydrogen-bond donors (Lipinski definition) is 1. The zero-order valence-corrected chi connectivity index (χ0v) is 15.0. The summed E-state index contributed by atoms with van der Waals surface area (Å²) < 4.78 is 6.74. The second-order valence-electron chi connectivity index (χ2n) is 4.28. The van der Waals surface area contributed by atoms with Crippen LogP contribution in [0.2, 0.25) is 5.02 Å². The standard InChI is InChI=1S/C15H12Br2ClNO2/c1-21-15(20)11-7-10(18)3-5-14(11)19-8-9-2-4-12(16)13(17)6-9/h2-7,19H,8H2,1H3. The van der Waals surface area contributed by atoms with Crippen LogP contribution < -0.4 is 5.32 Å². The molecule has 110 valence electrons. The molecule has 6 heteroatoms. The van der Waals surface area contributed by atoms with E-state index in [1.165, 1.54) is 7.11 Å². The second-order valence-corrected chi connectivity index (χ2v) is 6.43. The van der Waals surface area contributed by atoms with Crippen molar-refractivity contribution in [3.05, 3.63) is 61.5 Å². The van der Waals surface area contributed by atoms with Crippen LogP contribution in [-0.4, -0.2) is 13.1 Å². The van der Waals surface area contributed by atoms with Crippen molar-refractivity contribution in [3.63, 3.8) is 0 Å². The summed E-state index contributed by atoms with van der Waals surface area (Å²) in [4.78, 5) is 11.8. The van der Waals surface area contributed by atoms with Crippen molar-refractivity contribution in [1.82, 2.24) is 0 Å². The second kappa shape index (κ2) is 7.29. The Morgan fingerprint density at radius 3 is 2.62 bits per heavy atom. The summed E-state index contributed by atoms with van der Waals surface area (Å²) >= 11 is 12.8. The highest BCUT2D eigenvalue weighted by Gasteiger charge is 2.12. The number of halogens is 3. The van der Waals surface area contributed by atoms with Gasteiger partial charge in [0.1, 0.15) is 0 Å². The number of esters is 1. The van der Waals surface area contributed by atoms with Crippen molar-refractivity contribution in [2.24, 2.45) is 0 Å². The van der Waals surface area contributed by atoms with Gasteiger partial charge in [-0.2, -0.15) is 0 Å². The molecule has 3 nitrogen and oxygen atoms in total. The van der Waals surface area contributed by atoms with Gasteiger partial charge in [-0.3, -0.25) is 0 Å². The number of nitrogens with one attached hydrogen (secondary N) is 1. The first-order valence-corrected chi connectivity index (χ1v) is 8.03. The summed E-state index contributed by atoms with van der Waals surface area (Å²) in [6, 6.07) is 11.0. The first kappa shape index (κ1) is 16.3. The van der Waals surface area contributed by atoms with Gasteiger partial charge >= 0.3 is 5.97 Å². The van der Waals surface area contributed by atoms with E-state index in [0.29, 0.717) is 22.8 Å². The van der Waals surface area contributed by atoms with Crippen LogP contribution in [0.25, 0.3) is 0 Å². The molecule has 1 N–H and O–H groups in total. The highest BCUT2D eigenvalue weighted by Crippen LogP contribution is 2.25. The van der Waals surface area contributed by atoms with Crippen molar-refractivity contribution < 1.29 is 9.53 Å². The lowest BCUT2D eigenvalue weighted by atomic mass is 10.1. The van der Waals surface area contributed by atoms with Gasteiger partial charge in [0.05, 0.1) is 12.7 Å². The predicted molar refractivity (Wildman–Crippen MR) is 92.0 cm³/mol. The van der Waals surface area contributed by atoms with Gasteiger partial charge in [-0.15, -0.1) is 0 Å². The minimum atomic E-state index is -0.419. The quantitative estimate of drug-likeness (QED) is 0.668. The smallest absolute Gasteiger partial charge is 0.340 e. The van der Waals surface area contributed by atoms with Gasteiger partial charge in [-0.25, -0.2) is 4.79 Å². The molecule has 0 spiro atoms. The average Bonchev–Trinajstić information content (AvgIpc) is 2.48. The number of ether oxygens (including phenoxy) is 1. The Balaban J connectivity index is 2.19. The monoisotopic (exact) mass is 431 g/mol. The van der Waals surface area contributed by atoms with E-state index in [9.17, 15) is 4.79 Å². The van der Waals surface area contributed by atoms with E-state index in [0.717, 1.165) is 14.5 Å². The molecule has 0 radical (unpaired) electrons. The molecular weight excluding hydrogens is 421 g/mol. The van der Waals surface area contributed by atoms with Gasteiger partial charge in [0, 0.05) is 26.2 Å². The van der Waals surface area contributed by atoms with E-state index in [-0.39, 0.29) is 0 Å². The summed E-state index contributed by atoms with van der Waals surface area (Å²) in [5.74, 6) is -0.419. The fourth-order valence-corrected chi connectivity index (χ4v) is 2.64. The lowest BCUT2D eigenvalue weighted by Gasteiger charge is -2.12. The van der Waals surface area contributed by atoms with Gasteiger partial charge in [-0.1, -0.05) is 17.7 Å². The number of rotatable bonds is 4. The highest BCUT2D eigenvalue weighted by molar-refractivity contribution is 9.13. The Morgan fingerprint density at radius 2 is 1.95 bits per heavy atom.